The molecule has 2 heterocycles. The van der Waals surface area contributed by atoms with Gasteiger partial charge in [0.2, 0.25) is 0 Å². The molecule has 98 valence electrons. The van der Waals surface area contributed by atoms with Crippen LogP contribution in [-0.2, 0) is 4.74 Å². The predicted molar refractivity (Wildman–Crippen MR) is 67.0 cm³/mol. The number of rotatable bonds is 2. The van der Waals surface area contributed by atoms with Crippen LogP contribution in [-0.4, -0.2) is 27.2 Å². The van der Waals surface area contributed by atoms with Gasteiger partial charge >= 0.3 is 0 Å². The quantitative estimate of drug-likeness (QED) is 0.778. The van der Waals surface area contributed by atoms with Crippen molar-refractivity contribution in [2.24, 2.45) is 0 Å². The van der Waals surface area contributed by atoms with Gasteiger partial charge in [-0.1, -0.05) is 17.3 Å². The number of nitrogens with zero attached hydrogens (tertiary/aromatic N) is 3. The van der Waals surface area contributed by atoms with E-state index in [1.165, 1.54) is 18.6 Å². The molecular weight excluding hydrogens is 245 g/mol. The Morgan fingerprint density at radius 2 is 2.26 bits per heavy atom. The number of halogens is 1. The number of hydrogen-bond acceptors (Lipinski definition) is 3. The molecule has 1 saturated heterocycles. The first kappa shape index (κ1) is 11.1. The van der Waals surface area contributed by atoms with E-state index in [0.29, 0.717) is 17.9 Å². The van der Waals surface area contributed by atoms with Crippen LogP contribution in [0.3, 0.4) is 0 Å². The first-order valence-electron chi connectivity index (χ1n) is 6.64. The largest absolute Gasteiger partial charge is 0.367 e. The van der Waals surface area contributed by atoms with Crippen molar-refractivity contribution < 1.29 is 9.13 Å². The van der Waals surface area contributed by atoms with Crippen LogP contribution in [0.25, 0.3) is 11.3 Å². The summed E-state index contributed by atoms with van der Waals surface area (Å²) in [6, 6.07) is 6.72. The van der Waals surface area contributed by atoms with E-state index >= 15 is 0 Å². The summed E-state index contributed by atoms with van der Waals surface area (Å²) in [6.45, 7) is 0. The van der Waals surface area contributed by atoms with Crippen LogP contribution in [0, 0.1) is 5.82 Å². The third kappa shape index (κ3) is 1.94. The van der Waals surface area contributed by atoms with Gasteiger partial charge in [0.15, 0.2) is 0 Å². The van der Waals surface area contributed by atoms with Crippen molar-refractivity contribution in [3.8, 4) is 11.3 Å². The molecule has 0 radical (unpaired) electrons. The van der Waals surface area contributed by atoms with Crippen LogP contribution < -0.4 is 0 Å². The van der Waals surface area contributed by atoms with Crippen molar-refractivity contribution in [3.05, 3.63) is 36.3 Å². The minimum atomic E-state index is -0.254. The Balaban J connectivity index is 1.62. The minimum absolute atomic E-state index is 0.254. The van der Waals surface area contributed by atoms with Gasteiger partial charge in [-0.2, -0.15) is 0 Å². The van der Waals surface area contributed by atoms with Crippen molar-refractivity contribution in [1.82, 2.24) is 15.0 Å². The summed E-state index contributed by atoms with van der Waals surface area (Å²) in [4.78, 5) is 0. The van der Waals surface area contributed by atoms with Crippen LogP contribution >= 0.6 is 0 Å². The van der Waals surface area contributed by atoms with E-state index in [0.717, 1.165) is 18.4 Å². The Bertz CT molecular complexity index is 612. The number of fused-ring (bicyclic) bond motifs is 1. The second-order valence-electron chi connectivity index (χ2n) is 5.23. The highest BCUT2D eigenvalue weighted by Crippen LogP contribution is 2.43. The van der Waals surface area contributed by atoms with Gasteiger partial charge in [0, 0.05) is 5.56 Å². The molecule has 3 atom stereocenters. The van der Waals surface area contributed by atoms with Gasteiger partial charge in [0.1, 0.15) is 17.6 Å². The molecule has 0 amide bonds. The molecular formula is C14H14FN3O. The lowest BCUT2D eigenvalue weighted by Gasteiger charge is -2.17. The second kappa shape index (κ2) is 4.13. The average Bonchev–Trinajstić information content (AvgIpc) is 3.06. The monoisotopic (exact) mass is 259 g/mol. The lowest BCUT2D eigenvalue weighted by Crippen LogP contribution is -2.21. The van der Waals surface area contributed by atoms with Gasteiger partial charge in [-0.25, -0.2) is 9.07 Å². The van der Waals surface area contributed by atoms with Gasteiger partial charge in [0.25, 0.3) is 0 Å². The smallest absolute Gasteiger partial charge is 0.123 e. The van der Waals surface area contributed by atoms with E-state index in [-0.39, 0.29) is 11.9 Å². The fourth-order valence-corrected chi connectivity index (χ4v) is 2.92. The number of ether oxygens (including phenoxy) is 1. The number of hydrogen-bond donors (Lipinski definition) is 0. The Morgan fingerprint density at radius 3 is 3.16 bits per heavy atom. The van der Waals surface area contributed by atoms with E-state index < -0.39 is 0 Å². The van der Waals surface area contributed by atoms with Crippen molar-refractivity contribution in [2.75, 3.05) is 0 Å². The van der Waals surface area contributed by atoms with Gasteiger partial charge < -0.3 is 4.74 Å². The Labute approximate surface area is 110 Å². The second-order valence-corrected chi connectivity index (χ2v) is 5.23. The fraction of sp³-hybridized carbons (Fsp3) is 0.429. The van der Waals surface area contributed by atoms with E-state index in [1.54, 1.807) is 6.07 Å². The number of benzene rings is 1. The normalized spacial score (nSPS) is 29.0. The Hall–Kier alpha value is -1.75. The molecule has 4 rings (SSSR count). The first-order chi connectivity index (χ1) is 9.31. The molecule has 0 N–H and O–H groups in total. The highest BCUT2D eigenvalue weighted by Gasteiger charge is 2.48. The molecule has 1 saturated carbocycles. The van der Waals surface area contributed by atoms with Crippen molar-refractivity contribution in [2.45, 2.75) is 37.5 Å². The number of epoxide rings is 1. The molecule has 1 aliphatic heterocycles. The maximum atomic E-state index is 13.2. The SMILES string of the molecule is Fc1cccc(-c2cn([C@H]3CCC[C@@H]4O[C@@H]43)nn2)c1. The zero-order chi connectivity index (χ0) is 12.8. The predicted octanol–water partition coefficient (Wildman–Crippen LogP) is 2.58. The Kier molecular flexibility index (Phi) is 2.41. The Morgan fingerprint density at radius 1 is 1.32 bits per heavy atom. The molecule has 19 heavy (non-hydrogen) atoms. The van der Waals surface area contributed by atoms with Crippen molar-refractivity contribution in [1.29, 1.82) is 0 Å². The van der Waals surface area contributed by atoms with Crippen LogP contribution in [0.1, 0.15) is 25.3 Å². The standard InChI is InChI=1S/C14H14FN3O/c15-10-4-1-3-9(7-10)11-8-18(17-16-11)12-5-2-6-13-14(12)19-13/h1,3-4,7-8,12-14H,2,5-6H2/t12-,13-,14+/m0/s1. The van der Waals surface area contributed by atoms with Crippen LogP contribution in [0.4, 0.5) is 4.39 Å². The molecule has 0 bridgehead atoms. The topological polar surface area (TPSA) is 43.2 Å². The molecule has 4 nitrogen and oxygen atoms in total. The average molecular weight is 259 g/mol. The highest BCUT2D eigenvalue weighted by atomic mass is 19.1. The first-order valence-corrected chi connectivity index (χ1v) is 6.64. The summed E-state index contributed by atoms with van der Waals surface area (Å²) < 4.78 is 20.7. The molecule has 2 fully saturated rings. The maximum Gasteiger partial charge on any atom is 0.123 e. The molecule has 1 aromatic carbocycles. The zero-order valence-electron chi connectivity index (χ0n) is 10.4. The third-order valence-electron chi connectivity index (χ3n) is 3.96. The molecule has 0 spiro atoms. The van der Waals surface area contributed by atoms with E-state index in [9.17, 15) is 4.39 Å². The molecule has 2 aliphatic rings. The van der Waals surface area contributed by atoms with Gasteiger partial charge in [-0.05, 0) is 31.4 Å². The minimum Gasteiger partial charge on any atom is -0.367 e. The lowest BCUT2D eigenvalue weighted by molar-refractivity contribution is 0.300. The number of aromatic nitrogens is 3. The van der Waals surface area contributed by atoms with E-state index in [4.69, 9.17) is 4.74 Å². The molecule has 5 heteroatoms. The summed E-state index contributed by atoms with van der Waals surface area (Å²) in [7, 11) is 0. The lowest BCUT2D eigenvalue weighted by atomic mass is 9.96. The fourth-order valence-electron chi connectivity index (χ4n) is 2.92. The van der Waals surface area contributed by atoms with Crippen molar-refractivity contribution >= 4 is 0 Å². The van der Waals surface area contributed by atoms with Gasteiger partial charge in [0.05, 0.1) is 18.3 Å². The highest BCUT2D eigenvalue weighted by molar-refractivity contribution is 5.57. The molecule has 0 unspecified atom stereocenters. The van der Waals surface area contributed by atoms with E-state index in [1.807, 2.05) is 16.9 Å². The third-order valence-corrected chi connectivity index (χ3v) is 3.96. The zero-order valence-corrected chi connectivity index (χ0v) is 10.4. The summed E-state index contributed by atoms with van der Waals surface area (Å²) in [6.07, 6.45) is 6.01. The summed E-state index contributed by atoms with van der Waals surface area (Å²) >= 11 is 0. The molecule has 1 aromatic heterocycles. The summed E-state index contributed by atoms with van der Waals surface area (Å²) in [5, 5.41) is 8.33. The summed E-state index contributed by atoms with van der Waals surface area (Å²) in [5.41, 5.74) is 1.47. The van der Waals surface area contributed by atoms with E-state index in [2.05, 4.69) is 10.3 Å². The van der Waals surface area contributed by atoms with Crippen LogP contribution in [0.5, 0.6) is 0 Å². The molecule has 2 aromatic rings. The van der Waals surface area contributed by atoms with Gasteiger partial charge in [-0.3, -0.25) is 0 Å². The molecule has 1 aliphatic carbocycles. The van der Waals surface area contributed by atoms with Gasteiger partial charge in [-0.15, -0.1) is 5.10 Å². The van der Waals surface area contributed by atoms with Crippen LogP contribution in [0.2, 0.25) is 0 Å². The van der Waals surface area contributed by atoms with Crippen LogP contribution in [0.15, 0.2) is 30.5 Å². The summed E-state index contributed by atoms with van der Waals surface area (Å²) in [5.74, 6) is -0.254. The maximum absolute atomic E-state index is 13.2. The van der Waals surface area contributed by atoms with Crippen molar-refractivity contribution in [3.63, 3.8) is 0 Å².